The fourth-order valence-electron chi connectivity index (χ4n) is 4.16. The van der Waals surface area contributed by atoms with E-state index in [2.05, 4.69) is 5.32 Å². The first-order valence-corrected chi connectivity index (χ1v) is 8.19. The molecule has 1 aromatic rings. The van der Waals surface area contributed by atoms with Crippen molar-refractivity contribution in [2.45, 2.75) is 25.7 Å². The smallest absolute Gasteiger partial charge is 0.307 e. The minimum Gasteiger partial charge on any atom is -0.481 e. The number of fused-ring (bicyclic) bond motifs is 2. The van der Waals surface area contributed by atoms with E-state index in [1.807, 2.05) is 24.3 Å². The van der Waals surface area contributed by atoms with Crippen LogP contribution in [0, 0.1) is 23.7 Å². The van der Waals surface area contributed by atoms with Gasteiger partial charge in [-0.2, -0.15) is 0 Å². The van der Waals surface area contributed by atoms with Crippen LogP contribution in [0.1, 0.15) is 24.8 Å². The van der Waals surface area contributed by atoms with Crippen molar-refractivity contribution in [1.29, 1.82) is 0 Å². The van der Waals surface area contributed by atoms with E-state index in [-0.39, 0.29) is 23.7 Å². The Balaban J connectivity index is 1.56. The third kappa shape index (κ3) is 2.98. The first-order chi connectivity index (χ1) is 10.6. The molecule has 118 valence electrons. The van der Waals surface area contributed by atoms with E-state index in [4.69, 9.17) is 11.6 Å². The van der Waals surface area contributed by atoms with Crippen molar-refractivity contribution in [1.82, 2.24) is 5.32 Å². The molecule has 0 spiro atoms. The molecule has 2 fully saturated rings. The molecule has 2 aliphatic rings. The molecule has 2 saturated carbocycles. The Hall–Kier alpha value is -1.55. The highest BCUT2D eigenvalue weighted by Crippen LogP contribution is 2.52. The van der Waals surface area contributed by atoms with Crippen LogP contribution in [0.4, 0.5) is 0 Å². The molecule has 0 saturated heterocycles. The molecule has 4 atom stereocenters. The number of carbonyl (C=O) groups is 2. The lowest BCUT2D eigenvalue weighted by Crippen LogP contribution is -2.41. The summed E-state index contributed by atoms with van der Waals surface area (Å²) in [6.07, 6.45) is 3.53. The number of amides is 1. The molecular weight excluding hydrogens is 302 g/mol. The topological polar surface area (TPSA) is 66.4 Å². The number of aliphatic carboxylic acids is 1. The number of carbonyl (C=O) groups excluding carboxylic acids is 1. The predicted molar refractivity (Wildman–Crippen MR) is 83.6 cm³/mol. The maximum absolute atomic E-state index is 12.4. The molecule has 1 aromatic carbocycles. The number of hydrogen-bond acceptors (Lipinski definition) is 2. The van der Waals surface area contributed by atoms with E-state index >= 15 is 0 Å². The van der Waals surface area contributed by atoms with Gasteiger partial charge < -0.3 is 10.4 Å². The minimum atomic E-state index is -0.817. The molecule has 2 bridgehead atoms. The molecule has 0 radical (unpaired) electrons. The summed E-state index contributed by atoms with van der Waals surface area (Å²) in [6.45, 7) is 0.513. The highest BCUT2D eigenvalue weighted by atomic mass is 35.5. The lowest BCUT2D eigenvalue weighted by atomic mass is 9.78. The minimum absolute atomic E-state index is 0.0957. The second-order valence-electron chi connectivity index (χ2n) is 6.39. The monoisotopic (exact) mass is 321 g/mol. The first-order valence-electron chi connectivity index (χ1n) is 7.81. The average Bonchev–Trinajstić information content (AvgIpc) is 3.07. The zero-order valence-electron chi connectivity index (χ0n) is 12.3. The van der Waals surface area contributed by atoms with Crippen LogP contribution >= 0.6 is 11.6 Å². The fourth-order valence-corrected chi connectivity index (χ4v) is 4.38. The van der Waals surface area contributed by atoms with E-state index in [1.165, 1.54) is 0 Å². The Morgan fingerprint density at radius 2 is 1.95 bits per heavy atom. The Bertz CT molecular complexity index is 589. The van der Waals surface area contributed by atoms with Crippen LogP contribution in [0.25, 0.3) is 0 Å². The molecule has 3 rings (SSSR count). The summed E-state index contributed by atoms with van der Waals surface area (Å²) < 4.78 is 0. The highest BCUT2D eigenvalue weighted by molar-refractivity contribution is 6.30. The molecule has 4 nitrogen and oxygen atoms in total. The van der Waals surface area contributed by atoms with Crippen molar-refractivity contribution in [2.75, 3.05) is 6.54 Å². The van der Waals surface area contributed by atoms with Crippen molar-refractivity contribution >= 4 is 23.5 Å². The van der Waals surface area contributed by atoms with Gasteiger partial charge in [-0.1, -0.05) is 23.7 Å². The lowest BCUT2D eigenvalue weighted by molar-refractivity contribution is -0.149. The molecule has 2 aliphatic carbocycles. The van der Waals surface area contributed by atoms with Gasteiger partial charge in [-0.05, 0) is 55.2 Å². The number of nitrogens with one attached hydrogen (secondary N) is 1. The molecule has 2 N–H and O–H groups in total. The van der Waals surface area contributed by atoms with Crippen molar-refractivity contribution in [3.8, 4) is 0 Å². The Morgan fingerprint density at radius 3 is 2.64 bits per heavy atom. The van der Waals surface area contributed by atoms with Gasteiger partial charge in [0.2, 0.25) is 5.91 Å². The van der Waals surface area contributed by atoms with Crippen molar-refractivity contribution in [3.05, 3.63) is 34.9 Å². The van der Waals surface area contributed by atoms with Gasteiger partial charge in [0, 0.05) is 11.6 Å². The summed E-state index contributed by atoms with van der Waals surface area (Å²) in [6, 6.07) is 7.55. The van der Waals surface area contributed by atoms with Crippen molar-refractivity contribution < 1.29 is 14.7 Å². The van der Waals surface area contributed by atoms with E-state index in [1.54, 1.807) is 0 Å². The second kappa shape index (κ2) is 6.29. The van der Waals surface area contributed by atoms with Gasteiger partial charge in [0.05, 0.1) is 11.8 Å². The molecule has 22 heavy (non-hydrogen) atoms. The largest absolute Gasteiger partial charge is 0.481 e. The van der Waals surface area contributed by atoms with Crippen LogP contribution < -0.4 is 5.32 Å². The summed E-state index contributed by atoms with van der Waals surface area (Å²) in [5.74, 6) is -1.33. The molecule has 0 aromatic heterocycles. The normalized spacial score (nSPS) is 29.5. The fraction of sp³-hybridized carbons (Fsp3) is 0.529. The number of carboxylic acid groups (broad SMARTS) is 1. The van der Waals surface area contributed by atoms with Crippen LogP contribution in [0.15, 0.2) is 24.3 Å². The van der Waals surface area contributed by atoms with Gasteiger partial charge in [0.25, 0.3) is 0 Å². The van der Waals surface area contributed by atoms with Gasteiger partial charge in [0.1, 0.15) is 0 Å². The number of hydrogen-bond donors (Lipinski definition) is 2. The van der Waals surface area contributed by atoms with E-state index < -0.39 is 11.9 Å². The summed E-state index contributed by atoms with van der Waals surface area (Å²) in [7, 11) is 0. The quantitative estimate of drug-likeness (QED) is 0.876. The third-order valence-corrected chi connectivity index (χ3v) is 5.34. The molecule has 5 heteroatoms. The number of halogens is 1. The van der Waals surface area contributed by atoms with Crippen molar-refractivity contribution in [2.24, 2.45) is 23.7 Å². The van der Waals surface area contributed by atoms with E-state index in [0.29, 0.717) is 18.0 Å². The van der Waals surface area contributed by atoms with Crippen molar-refractivity contribution in [3.63, 3.8) is 0 Å². The lowest BCUT2D eigenvalue weighted by Gasteiger charge is -2.27. The molecular formula is C17H20ClNO3. The van der Waals surface area contributed by atoms with E-state index in [9.17, 15) is 14.7 Å². The standard InChI is InChI=1S/C17H20ClNO3/c18-13-3-1-2-10(8-13)6-7-19-16(20)14-11-4-5-12(9-11)15(14)17(21)22/h1-3,8,11-12,14-15H,4-7,9H2,(H,19,20)(H,21,22)/t11-,12-,14-,15+/m0/s1. The Morgan fingerprint density at radius 1 is 1.23 bits per heavy atom. The molecule has 0 unspecified atom stereocenters. The maximum Gasteiger partial charge on any atom is 0.307 e. The van der Waals surface area contributed by atoms with Gasteiger partial charge in [-0.15, -0.1) is 0 Å². The van der Waals surface area contributed by atoms with Gasteiger partial charge in [0.15, 0.2) is 0 Å². The van der Waals surface area contributed by atoms with E-state index in [0.717, 1.165) is 24.8 Å². The van der Waals surface area contributed by atoms with Crippen LogP contribution in [-0.2, 0) is 16.0 Å². The molecule has 0 heterocycles. The summed E-state index contributed by atoms with van der Waals surface area (Å²) in [4.78, 5) is 23.9. The second-order valence-corrected chi connectivity index (χ2v) is 6.83. The summed E-state index contributed by atoms with van der Waals surface area (Å²) >= 11 is 5.93. The maximum atomic E-state index is 12.4. The zero-order chi connectivity index (χ0) is 15.7. The summed E-state index contributed by atoms with van der Waals surface area (Å²) in [5, 5.41) is 13.0. The van der Waals surface area contributed by atoms with Crippen LogP contribution in [0.3, 0.4) is 0 Å². The third-order valence-electron chi connectivity index (χ3n) is 5.11. The van der Waals surface area contributed by atoms with Crippen LogP contribution in [0.2, 0.25) is 5.02 Å². The van der Waals surface area contributed by atoms with Gasteiger partial charge in [-0.3, -0.25) is 9.59 Å². The van der Waals surface area contributed by atoms with Gasteiger partial charge >= 0.3 is 5.97 Å². The Labute approximate surface area is 134 Å². The first kappa shape index (κ1) is 15.3. The predicted octanol–water partition coefficient (Wildman–Crippen LogP) is 2.75. The summed E-state index contributed by atoms with van der Waals surface area (Å²) in [5.41, 5.74) is 1.07. The molecule has 0 aliphatic heterocycles. The number of carboxylic acids is 1. The van der Waals surface area contributed by atoms with Crippen LogP contribution in [0.5, 0.6) is 0 Å². The highest BCUT2D eigenvalue weighted by Gasteiger charge is 2.53. The van der Waals surface area contributed by atoms with Gasteiger partial charge in [-0.25, -0.2) is 0 Å². The number of benzene rings is 1. The average molecular weight is 322 g/mol. The number of rotatable bonds is 5. The zero-order valence-corrected chi connectivity index (χ0v) is 13.1. The SMILES string of the molecule is O=C(O)[C@@H]1[C@H]2CC[C@@H](C2)[C@@H]1C(=O)NCCc1cccc(Cl)c1. The molecule has 1 amide bonds. The Kier molecular flexibility index (Phi) is 4.39. The van der Waals surface area contributed by atoms with Crippen LogP contribution in [-0.4, -0.2) is 23.5 Å².